The Labute approximate surface area is 139 Å². The highest BCUT2D eigenvalue weighted by Gasteiger charge is 2.37. The average Bonchev–Trinajstić information content (AvgIpc) is 3.06. The molecule has 0 saturated carbocycles. The molecule has 2 aliphatic rings. The van der Waals surface area contributed by atoms with Gasteiger partial charge in [-0.05, 0) is 25.6 Å². The van der Waals surface area contributed by atoms with Crippen molar-refractivity contribution in [1.82, 2.24) is 9.80 Å². The van der Waals surface area contributed by atoms with E-state index in [1.165, 1.54) is 6.07 Å². The van der Waals surface area contributed by atoms with E-state index in [9.17, 15) is 9.18 Å². The smallest absolute Gasteiger partial charge is 0.244 e. The molecule has 0 radical (unpaired) electrons. The van der Waals surface area contributed by atoms with Crippen LogP contribution in [0.25, 0.3) is 0 Å². The van der Waals surface area contributed by atoms with Gasteiger partial charge in [0.25, 0.3) is 0 Å². The average molecular weight is 339 g/mol. The molecule has 0 aliphatic carbocycles. The molecule has 0 N–H and O–H groups in total. The van der Waals surface area contributed by atoms with Gasteiger partial charge in [-0.3, -0.25) is 9.69 Å². The van der Waals surface area contributed by atoms with E-state index < -0.39 is 0 Å². The second kappa shape index (κ2) is 6.52. The van der Waals surface area contributed by atoms with Gasteiger partial charge in [0.1, 0.15) is 10.1 Å². The molecule has 7 heteroatoms. The van der Waals surface area contributed by atoms with Crippen LogP contribution in [0.3, 0.4) is 0 Å². The molecule has 2 heterocycles. The molecule has 2 aliphatic heterocycles. The topological polar surface area (TPSA) is 26.8 Å². The normalized spacial score (nSPS) is 22.2. The van der Waals surface area contributed by atoms with Crippen molar-refractivity contribution < 1.29 is 9.18 Å². The Bertz CT molecular complexity index is 598. The molecule has 1 unspecified atom stereocenters. The van der Waals surface area contributed by atoms with E-state index >= 15 is 0 Å². The maximum absolute atomic E-state index is 13.9. The van der Waals surface area contributed by atoms with E-state index in [-0.39, 0.29) is 17.8 Å². The summed E-state index contributed by atoms with van der Waals surface area (Å²) in [5, 5.41) is 0. The van der Waals surface area contributed by atoms with Gasteiger partial charge >= 0.3 is 0 Å². The largest absolute Gasteiger partial charge is 0.344 e. The summed E-state index contributed by atoms with van der Waals surface area (Å²) in [6, 6.07) is 6.21. The summed E-state index contributed by atoms with van der Waals surface area (Å²) in [7, 11) is 1.93. The lowest BCUT2D eigenvalue weighted by Crippen LogP contribution is -2.45. The molecule has 1 aromatic rings. The zero-order valence-electron chi connectivity index (χ0n) is 12.4. The fourth-order valence-electron chi connectivity index (χ4n) is 2.91. The monoisotopic (exact) mass is 339 g/mol. The van der Waals surface area contributed by atoms with Crippen molar-refractivity contribution >= 4 is 39.9 Å². The first-order valence-corrected chi connectivity index (χ1v) is 8.65. The quantitative estimate of drug-likeness (QED) is 0.784. The van der Waals surface area contributed by atoms with Gasteiger partial charge in [0, 0.05) is 18.8 Å². The molecule has 1 aromatic carbocycles. The van der Waals surface area contributed by atoms with Crippen LogP contribution >= 0.6 is 24.0 Å². The second-order valence-corrected chi connectivity index (χ2v) is 7.25. The molecule has 1 amide bonds. The van der Waals surface area contributed by atoms with E-state index in [0.717, 1.165) is 16.6 Å². The second-order valence-electron chi connectivity index (χ2n) is 5.52. The highest BCUT2D eigenvalue weighted by atomic mass is 32.2. The molecule has 1 atom stereocenters. The van der Waals surface area contributed by atoms with E-state index in [2.05, 4.69) is 4.90 Å². The highest BCUT2D eigenvalue weighted by Crippen LogP contribution is 2.27. The number of para-hydroxylation sites is 1. The van der Waals surface area contributed by atoms with Crippen molar-refractivity contribution in [2.24, 2.45) is 0 Å². The zero-order chi connectivity index (χ0) is 15.7. The Hall–Kier alpha value is -1.18. The lowest BCUT2D eigenvalue weighted by Gasteiger charge is -2.28. The van der Waals surface area contributed by atoms with Crippen LogP contribution in [-0.4, -0.2) is 58.6 Å². The number of benzene rings is 1. The number of nitrogens with zero attached hydrogens (tertiary/aromatic N) is 3. The molecular weight excluding hydrogens is 321 g/mol. The number of thiocarbonyl (C=S) groups is 1. The van der Waals surface area contributed by atoms with Crippen molar-refractivity contribution in [2.45, 2.75) is 12.5 Å². The van der Waals surface area contributed by atoms with Crippen LogP contribution in [0.2, 0.25) is 0 Å². The third-order valence-electron chi connectivity index (χ3n) is 4.09. The van der Waals surface area contributed by atoms with Gasteiger partial charge in [0.2, 0.25) is 5.91 Å². The van der Waals surface area contributed by atoms with Gasteiger partial charge < -0.3 is 9.80 Å². The molecule has 0 spiro atoms. The van der Waals surface area contributed by atoms with Gasteiger partial charge in [0.15, 0.2) is 0 Å². The van der Waals surface area contributed by atoms with E-state index in [0.29, 0.717) is 25.3 Å². The SMILES string of the molecule is CN(CN1CCSC1=S)C1CCN(c2ccccc2F)C1=O. The standard InChI is InChI=1S/C15H18FN3OS2/c1-17(10-18-8-9-22-15(18)21)13-6-7-19(14(13)20)12-5-3-2-4-11(12)16/h2-5,13H,6-10H2,1H3. The summed E-state index contributed by atoms with van der Waals surface area (Å²) in [4.78, 5) is 18.3. The third kappa shape index (κ3) is 2.98. The lowest BCUT2D eigenvalue weighted by molar-refractivity contribution is -0.121. The summed E-state index contributed by atoms with van der Waals surface area (Å²) >= 11 is 6.97. The van der Waals surface area contributed by atoms with E-state index in [4.69, 9.17) is 12.2 Å². The first-order chi connectivity index (χ1) is 10.6. The molecule has 118 valence electrons. The van der Waals surface area contributed by atoms with E-state index in [1.54, 1.807) is 34.9 Å². The fourth-order valence-corrected chi connectivity index (χ4v) is 4.12. The van der Waals surface area contributed by atoms with Crippen molar-refractivity contribution in [1.29, 1.82) is 0 Å². The predicted molar refractivity (Wildman–Crippen MR) is 91.6 cm³/mol. The molecule has 0 bridgehead atoms. The minimum absolute atomic E-state index is 0.0367. The number of halogens is 1. The maximum Gasteiger partial charge on any atom is 0.244 e. The molecular formula is C15H18FN3OS2. The van der Waals surface area contributed by atoms with Crippen molar-refractivity contribution in [3.8, 4) is 0 Å². The number of amides is 1. The molecule has 2 saturated heterocycles. The Morgan fingerprint density at radius 3 is 2.86 bits per heavy atom. The molecule has 4 nitrogen and oxygen atoms in total. The Kier molecular flexibility index (Phi) is 4.65. The van der Waals surface area contributed by atoms with Gasteiger partial charge in [-0.25, -0.2) is 4.39 Å². The van der Waals surface area contributed by atoms with Gasteiger partial charge in [-0.1, -0.05) is 36.1 Å². The van der Waals surface area contributed by atoms with Crippen LogP contribution in [0, 0.1) is 5.82 Å². The zero-order valence-corrected chi connectivity index (χ0v) is 14.0. The van der Waals surface area contributed by atoms with Crippen LogP contribution < -0.4 is 4.90 Å². The third-order valence-corrected chi connectivity index (χ3v) is 5.59. The number of rotatable bonds is 4. The number of anilines is 1. The Morgan fingerprint density at radius 1 is 1.41 bits per heavy atom. The number of hydrogen-bond acceptors (Lipinski definition) is 4. The van der Waals surface area contributed by atoms with Crippen LogP contribution in [0.1, 0.15) is 6.42 Å². The summed E-state index contributed by atoms with van der Waals surface area (Å²) in [5.41, 5.74) is 0.371. The molecule has 22 heavy (non-hydrogen) atoms. The maximum atomic E-state index is 13.9. The molecule has 3 rings (SSSR count). The summed E-state index contributed by atoms with van der Waals surface area (Å²) in [5.74, 6) is 0.619. The molecule has 0 aromatic heterocycles. The van der Waals surface area contributed by atoms with Crippen LogP contribution in [-0.2, 0) is 4.79 Å². The van der Waals surface area contributed by atoms with Gasteiger partial charge in [0.05, 0.1) is 18.4 Å². The van der Waals surface area contributed by atoms with Gasteiger partial charge in [-0.15, -0.1) is 0 Å². The van der Waals surface area contributed by atoms with Crippen LogP contribution in [0.5, 0.6) is 0 Å². The number of carbonyl (C=O) groups is 1. The van der Waals surface area contributed by atoms with E-state index in [1.807, 2.05) is 11.9 Å². The van der Waals surface area contributed by atoms with Crippen LogP contribution in [0.15, 0.2) is 24.3 Å². The number of thioether (sulfide) groups is 1. The summed E-state index contributed by atoms with van der Waals surface area (Å²) in [6.45, 7) is 2.12. The highest BCUT2D eigenvalue weighted by molar-refractivity contribution is 8.23. The Morgan fingerprint density at radius 2 is 2.18 bits per heavy atom. The van der Waals surface area contributed by atoms with Crippen molar-refractivity contribution in [3.63, 3.8) is 0 Å². The number of hydrogen-bond donors (Lipinski definition) is 0. The van der Waals surface area contributed by atoms with Crippen LogP contribution in [0.4, 0.5) is 10.1 Å². The fraction of sp³-hybridized carbons (Fsp3) is 0.467. The summed E-state index contributed by atoms with van der Waals surface area (Å²) in [6.07, 6.45) is 0.706. The van der Waals surface area contributed by atoms with Crippen molar-refractivity contribution in [3.05, 3.63) is 30.1 Å². The lowest BCUT2D eigenvalue weighted by atomic mass is 10.2. The summed E-state index contributed by atoms with van der Waals surface area (Å²) < 4.78 is 14.8. The number of likely N-dealkylation sites (N-methyl/N-ethyl adjacent to an activating group) is 1. The minimum Gasteiger partial charge on any atom is -0.344 e. The molecule has 2 fully saturated rings. The minimum atomic E-state index is -0.351. The predicted octanol–water partition coefficient (Wildman–Crippen LogP) is 2.15. The Balaban J connectivity index is 1.68. The van der Waals surface area contributed by atoms with Gasteiger partial charge in [-0.2, -0.15) is 0 Å². The number of carbonyl (C=O) groups excluding carboxylic acids is 1. The first-order valence-electron chi connectivity index (χ1n) is 7.26. The first kappa shape index (κ1) is 15.7. The van der Waals surface area contributed by atoms with Crippen molar-refractivity contribution in [2.75, 3.05) is 37.5 Å².